The lowest BCUT2D eigenvalue weighted by molar-refractivity contribution is -0.113. The van der Waals surface area contributed by atoms with E-state index in [1.54, 1.807) is 11.3 Å². The van der Waals surface area contributed by atoms with E-state index >= 15 is 0 Å². The summed E-state index contributed by atoms with van der Waals surface area (Å²) >= 11 is 3.13. The molecule has 7 heteroatoms. The molecule has 0 atom stereocenters. The summed E-state index contributed by atoms with van der Waals surface area (Å²) in [5.41, 5.74) is 3.00. The lowest BCUT2D eigenvalue weighted by Crippen LogP contribution is -2.14. The summed E-state index contributed by atoms with van der Waals surface area (Å²) in [6, 6.07) is 9.93. The minimum Gasteiger partial charge on any atom is -0.325 e. The van der Waals surface area contributed by atoms with E-state index < -0.39 is 0 Å². The second-order valence-corrected chi connectivity index (χ2v) is 8.35. The van der Waals surface area contributed by atoms with Crippen LogP contribution in [-0.4, -0.2) is 26.4 Å². The standard InChI is InChI=1S/C19H22N4OS2/c1-12(2)16-9-14(10-25-16)18-21-22-19(23(18)4)26-11-17(24)20-15-7-5-6-13(3)8-15/h5-10,12H,11H2,1-4H3,(H,20,24). The number of anilines is 1. The molecule has 26 heavy (non-hydrogen) atoms. The zero-order chi connectivity index (χ0) is 18.7. The highest BCUT2D eigenvalue weighted by Crippen LogP contribution is 2.30. The van der Waals surface area contributed by atoms with E-state index in [9.17, 15) is 4.79 Å². The van der Waals surface area contributed by atoms with Gasteiger partial charge < -0.3 is 9.88 Å². The van der Waals surface area contributed by atoms with Crippen molar-refractivity contribution in [1.29, 1.82) is 0 Å². The van der Waals surface area contributed by atoms with Gasteiger partial charge in [-0.05, 0) is 36.6 Å². The average Bonchev–Trinajstić information content (AvgIpc) is 3.20. The van der Waals surface area contributed by atoms with Gasteiger partial charge in [0.05, 0.1) is 5.75 Å². The predicted octanol–water partition coefficient (Wildman–Crippen LogP) is 4.71. The van der Waals surface area contributed by atoms with Gasteiger partial charge >= 0.3 is 0 Å². The van der Waals surface area contributed by atoms with Crippen LogP contribution in [0.1, 0.15) is 30.2 Å². The smallest absolute Gasteiger partial charge is 0.234 e. The van der Waals surface area contributed by atoms with Gasteiger partial charge in [0.2, 0.25) is 5.91 Å². The molecule has 2 heterocycles. The zero-order valence-corrected chi connectivity index (χ0v) is 16.9. The highest BCUT2D eigenvalue weighted by Gasteiger charge is 2.15. The summed E-state index contributed by atoms with van der Waals surface area (Å²) in [4.78, 5) is 13.5. The number of hydrogen-bond donors (Lipinski definition) is 1. The highest BCUT2D eigenvalue weighted by molar-refractivity contribution is 7.99. The number of nitrogens with zero attached hydrogens (tertiary/aromatic N) is 3. The molecule has 3 rings (SSSR count). The van der Waals surface area contributed by atoms with Gasteiger partial charge in [-0.3, -0.25) is 4.79 Å². The first-order valence-corrected chi connectivity index (χ1v) is 10.3. The Kier molecular flexibility index (Phi) is 5.78. The Bertz CT molecular complexity index is 914. The maximum Gasteiger partial charge on any atom is 0.234 e. The van der Waals surface area contributed by atoms with Crippen molar-refractivity contribution in [2.75, 3.05) is 11.1 Å². The van der Waals surface area contributed by atoms with Crippen molar-refractivity contribution < 1.29 is 4.79 Å². The van der Waals surface area contributed by atoms with Gasteiger partial charge in [-0.2, -0.15) is 0 Å². The third-order valence-corrected chi connectivity index (χ3v) is 6.17. The average molecular weight is 387 g/mol. The Morgan fingerprint density at radius 3 is 2.81 bits per heavy atom. The fraction of sp³-hybridized carbons (Fsp3) is 0.316. The first kappa shape index (κ1) is 18.7. The second kappa shape index (κ2) is 8.05. The molecule has 1 N–H and O–H groups in total. The molecule has 3 aromatic rings. The van der Waals surface area contributed by atoms with E-state index in [1.807, 2.05) is 42.8 Å². The van der Waals surface area contributed by atoms with E-state index in [-0.39, 0.29) is 5.91 Å². The SMILES string of the molecule is Cc1cccc(NC(=O)CSc2nnc(-c3csc(C(C)C)c3)n2C)c1. The van der Waals surface area contributed by atoms with Crippen LogP contribution in [0.4, 0.5) is 5.69 Å². The van der Waals surface area contributed by atoms with Gasteiger partial charge in [-0.25, -0.2) is 0 Å². The molecule has 0 bridgehead atoms. The molecule has 0 aliphatic heterocycles. The Labute approximate surface area is 161 Å². The van der Waals surface area contributed by atoms with E-state index in [1.165, 1.54) is 16.6 Å². The summed E-state index contributed by atoms with van der Waals surface area (Å²) in [7, 11) is 1.93. The topological polar surface area (TPSA) is 59.8 Å². The van der Waals surface area contributed by atoms with E-state index in [0.29, 0.717) is 11.7 Å². The molecule has 0 spiro atoms. The maximum absolute atomic E-state index is 12.2. The van der Waals surface area contributed by atoms with Crippen LogP contribution in [0.2, 0.25) is 0 Å². The van der Waals surface area contributed by atoms with Gasteiger partial charge in [0.15, 0.2) is 11.0 Å². The molecule has 0 radical (unpaired) electrons. The number of aryl methyl sites for hydroxylation is 1. The fourth-order valence-electron chi connectivity index (χ4n) is 2.51. The van der Waals surface area contributed by atoms with Crippen molar-refractivity contribution >= 4 is 34.7 Å². The van der Waals surface area contributed by atoms with Crippen molar-refractivity contribution in [3.05, 3.63) is 46.2 Å². The molecule has 136 valence electrons. The van der Waals surface area contributed by atoms with Crippen LogP contribution in [0.15, 0.2) is 40.9 Å². The lowest BCUT2D eigenvalue weighted by Gasteiger charge is -2.06. The van der Waals surface area contributed by atoms with Crippen LogP contribution in [0.5, 0.6) is 0 Å². The minimum absolute atomic E-state index is 0.0530. The Balaban J connectivity index is 1.63. The summed E-state index contributed by atoms with van der Waals surface area (Å²) in [6.07, 6.45) is 0. The van der Waals surface area contributed by atoms with Gasteiger partial charge in [-0.1, -0.05) is 37.7 Å². The number of thiophene rings is 1. The maximum atomic E-state index is 12.2. The van der Waals surface area contributed by atoms with E-state index in [2.05, 4.69) is 40.8 Å². The summed E-state index contributed by atoms with van der Waals surface area (Å²) < 4.78 is 1.94. The number of thioether (sulfide) groups is 1. The van der Waals surface area contributed by atoms with Crippen molar-refractivity contribution in [2.24, 2.45) is 7.05 Å². The number of benzene rings is 1. The molecular weight excluding hydrogens is 364 g/mol. The lowest BCUT2D eigenvalue weighted by atomic mass is 10.1. The number of aromatic nitrogens is 3. The normalized spacial score (nSPS) is 11.1. The largest absolute Gasteiger partial charge is 0.325 e. The fourth-order valence-corrected chi connectivity index (χ4v) is 4.13. The molecule has 0 fully saturated rings. The van der Waals surface area contributed by atoms with E-state index in [0.717, 1.165) is 27.8 Å². The monoisotopic (exact) mass is 386 g/mol. The van der Waals surface area contributed by atoms with Crippen LogP contribution in [0, 0.1) is 6.92 Å². The summed E-state index contributed by atoms with van der Waals surface area (Å²) in [5, 5.41) is 14.3. The number of hydrogen-bond acceptors (Lipinski definition) is 5. The molecule has 0 aliphatic rings. The predicted molar refractivity (Wildman–Crippen MR) is 109 cm³/mol. The van der Waals surface area contributed by atoms with Gasteiger partial charge in [0, 0.05) is 28.6 Å². The van der Waals surface area contributed by atoms with E-state index in [4.69, 9.17) is 0 Å². The first-order chi connectivity index (χ1) is 12.4. The molecule has 1 amide bonds. The van der Waals surface area contributed by atoms with Crippen molar-refractivity contribution in [3.63, 3.8) is 0 Å². The molecule has 1 aromatic carbocycles. The van der Waals surface area contributed by atoms with Crippen molar-refractivity contribution in [1.82, 2.24) is 14.8 Å². The third kappa shape index (κ3) is 4.34. The molecule has 0 saturated carbocycles. The quantitative estimate of drug-likeness (QED) is 0.624. The molecule has 0 saturated heterocycles. The van der Waals surface area contributed by atoms with Crippen LogP contribution >= 0.6 is 23.1 Å². The molecule has 0 unspecified atom stereocenters. The summed E-state index contributed by atoms with van der Waals surface area (Å²) in [6.45, 7) is 6.36. The second-order valence-electron chi connectivity index (χ2n) is 6.46. The van der Waals surface area contributed by atoms with Crippen molar-refractivity contribution in [2.45, 2.75) is 31.8 Å². The molecule has 2 aromatic heterocycles. The Hall–Kier alpha value is -2.12. The van der Waals surface area contributed by atoms with Crippen LogP contribution in [0.25, 0.3) is 11.4 Å². The molecule has 5 nitrogen and oxygen atoms in total. The van der Waals surface area contributed by atoms with Gasteiger partial charge in [0.25, 0.3) is 0 Å². The van der Waals surface area contributed by atoms with Crippen LogP contribution < -0.4 is 5.32 Å². The Morgan fingerprint density at radius 1 is 1.31 bits per heavy atom. The summed E-state index contributed by atoms with van der Waals surface area (Å²) in [5.74, 6) is 1.57. The highest BCUT2D eigenvalue weighted by atomic mass is 32.2. The number of nitrogens with one attached hydrogen (secondary N) is 1. The molecular formula is C19H22N4OS2. The third-order valence-electron chi connectivity index (χ3n) is 3.92. The number of amides is 1. The number of rotatable bonds is 6. The van der Waals surface area contributed by atoms with Crippen LogP contribution in [-0.2, 0) is 11.8 Å². The van der Waals surface area contributed by atoms with Gasteiger partial charge in [0.1, 0.15) is 0 Å². The molecule has 0 aliphatic carbocycles. The van der Waals surface area contributed by atoms with Crippen molar-refractivity contribution in [3.8, 4) is 11.4 Å². The van der Waals surface area contributed by atoms with Gasteiger partial charge in [-0.15, -0.1) is 21.5 Å². The number of carbonyl (C=O) groups excluding carboxylic acids is 1. The number of carbonyl (C=O) groups is 1. The zero-order valence-electron chi connectivity index (χ0n) is 15.3. The van der Waals surface area contributed by atoms with Crippen LogP contribution in [0.3, 0.4) is 0 Å². The Morgan fingerprint density at radius 2 is 2.12 bits per heavy atom. The minimum atomic E-state index is -0.0530. The first-order valence-electron chi connectivity index (χ1n) is 8.41.